The zero-order chi connectivity index (χ0) is 17.0. The van der Waals surface area contributed by atoms with E-state index in [9.17, 15) is 9.59 Å². The third-order valence-corrected chi connectivity index (χ3v) is 3.56. The van der Waals surface area contributed by atoms with Crippen LogP contribution in [0.25, 0.3) is 0 Å². The number of carbonyl (C=O) groups is 2. The summed E-state index contributed by atoms with van der Waals surface area (Å²) in [6.45, 7) is 7.53. The van der Waals surface area contributed by atoms with Crippen LogP contribution < -0.4 is 4.74 Å². The lowest BCUT2D eigenvalue weighted by atomic mass is 10.0. The van der Waals surface area contributed by atoms with Gasteiger partial charge in [0.15, 0.2) is 11.6 Å². The molecule has 0 fully saturated rings. The van der Waals surface area contributed by atoms with Crippen LogP contribution in [-0.4, -0.2) is 11.6 Å². The molecule has 2 aromatic rings. The Balaban J connectivity index is 2.08. The van der Waals surface area contributed by atoms with E-state index in [0.29, 0.717) is 22.6 Å². The molecule has 0 spiro atoms. The molecule has 0 aliphatic carbocycles. The second-order valence-corrected chi connectivity index (χ2v) is 6.19. The summed E-state index contributed by atoms with van der Waals surface area (Å²) < 4.78 is 5.75. The standard InChI is InChI=1S/C20H22O3/c1-13(2)19(21)15-5-9-17(10-6-15)23-18-11-7-16(8-12-18)20(22)14(3)4/h5-14H,1-4H3. The van der Waals surface area contributed by atoms with Gasteiger partial charge in [0.25, 0.3) is 0 Å². The number of rotatable bonds is 6. The first kappa shape index (κ1) is 16.9. The zero-order valence-corrected chi connectivity index (χ0v) is 14.0. The highest BCUT2D eigenvalue weighted by atomic mass is 16.5. The summed E-state index contributed by atoms with van der Waals surface area (Å²) >= 11 is 0. The molecule has 0 heterocycles. The number of hydrogen-bond acceptors (Lipinski definition) is 3. The summed E-state index contributed by atoms with van der Waals surface area (Å²) in [5.41, 5.74) is 1.37. The molecule has 0 N–H and O–H groups in total. The number of ketones is 2. The molecule has 2 aromatic carbocycles. The maximum Gasteiger partial charge on any atom is 0.165 e. The number of hydrogen-bond donors (Lipinski definition) is 0. The lowest BCUT2D eigenvalue weighted by Gasteiger charge is -2.09. The molecule has 0 radical (unpaired) electrons. The van der Waals surface area contributed by atoms with Gasteiger partial charge in [-0.05, 0) is 48.5 Å². The largest absolute Gasteiger partial charge is 0.457 e. The van der Waals surface area contributed by atoms with E-state index in [1.807, 2.05) is 27.7 Å². The summed E-state index contributed by atoms with van der Waals surface area (Å²) in [5, 5.41) is 0. The zero-order valence-electron chi connectivity index (χ0n) is 14.0. The van der Waals surface area contributed by atoms with Crippen molar-refractivity contribution in [3.8, 4) is 11.5 Å². The number of ether oxygens (including phenoxy) is 1. The van der Waals surface area contributed by atoms with Gasteiger partial charge in [-0.1, -0.05) is 27.7 Å². The van der Waals surface area contributed by atoms with Gasteiger partial charge in [0.1, 0.15) is 11.5 Å². The molecule has 0 unspecified atom stereocenters. The quantitative estimate of drug-likeness (QED) is 0.692. The molecule has 3 nitrogen and oxygen atoms in total. The Hall–Kier alpha value is -2.42. The highest BCUT2D eigenvalue weighted by Gasteiger charge is 2.11. The molecule has 0 aliphatic rings. The second kappa shape index (κ2) is 7.23. The van der Waals surface area contributed by atoms with Crippen molar-refractivity contribution < 1.29 is 14.3 Å². The minimum atomic E-state index is -0.0205. The van der Waals surface area contributed by atoms with Crippen molar-refractivity contribution >= 4 is 11.6 Å². The summed E-state index contributed by atoms with van der Waals surface area (Å²) in [5.74, 6) is 1.52. The molecule has 2 rings (SSSR count). The van der Waals surface area contributed by atoms with Crippen LogP contribution in [0, 0.1) is 11.8 Å². The van der Waals surface area contributed by atoms with Gasteiger partial charge in [-0.25, -0.2) is 0 Å². The van der Waals surface area contributed by atoms with Crippen molar-refractivity contribution in [2.75, 3.05) is 0 Å². The molecule has 0 saturated heterocycles. The maximum absolute atomic E-state index is 11.9. The monoisotopic (exact) mass is 310 g/mol. The molecule has 0 bridgehead atoms. The summed E-state index contributed by atoms with van der Waals surface area (Å²) in [6, 6.07) is 14.2. The maximum atomic E-state index is 11.9. The highest BCUT2D eigenvalue weighted by molar-refractivity contribution is 5.98. The Morgan fingerprint density at radius 3 is 1.22 bits per heavy atom. The summed E-state index contributed by atoms with van der Waals surface area (Å²) in [4.78, 5) is 23.8. The first-order valence-corrected chi connectivity index (χ1v) is 7.85. The highest BCUT2D eigenvalue weighted by Crippen LogP contribution is 2.23. The first-order chi connectivity index (χ1) is 10.9. The smallest absolute Gasteiger partial charge is 0.165 e. The van der Waals surface area contributed by atoms with Crippen LogP contribution in [0.15, 0.2) is 48.5 Å². The van der Waals surface area contributed by atoms with Gasteiger partial charge in [-0.15, -0.1) is 0 Å². The van der Waals surface area contributed by atoms with E-state index in [2.05, 4.69) is 0 Å². The van der Waals surface area contributed by atoms with Crippen LogP contribution in [0.5, 0.6) is 11.5 Å². The third-order valence-electron chi connectivity index (χ3n) is 3.56. The molecule has 0 atom stereocenters. The van der Waals surface area contributed by atoms with E-state index in [0.717, 1.165) is 0 Å². The van der Waals surface area contributed by atoms with Crippen molar-refractivity contribution in [3.63, 3.8) is 0 Å². The average Bonchev–Trinajstić information content (AvgIpc) is 2.54. The van der Waals surface area contributed by atoms with Crippen molar-refractivity contribution in [3.05, 3.63) is 59.7 Å². The van der Waals surface area contributed by atoms with Crippen molar-refractivity contribution in [2.45, 2.75) is 27.7 Å². The van der Waals surface area contributed by atoms with E-state index >= 15 is 0 Å². The number of benzene rings is 2. The van der Waals surface area contributed by atoms with Crippen LogP contribution in [0.3, 0.4) is 0 Å². The lowest BCUT2D eigenvalue weighted by molar-refractivity contribution is 0.0932. The van der Waals surface area contributed by atoms with Gasteiger partial charge in [0, 0.05) is 23.0 Å². The lowest BCUT2D eigenvalue weighted by Crippen LogP contribution is -2.07. The predicted octanol–water partition coefficient (Wildman–Crippen LogP) is 5.16. The Morgan fingerprint density at radius 2 is 0.957 bits per heavy atom. The van der Waals surface area contributed by atoms with Crippen LogP contribution in [0.2, 0.25) is 0 Å². The van der Waals surface area contributed by atoms with Crippen LogP contribution in [-0.2, 0) is 0 Å². The third kappa shape index (κ3) is 4.28. The van der Waals surface area contributed by atoms with E-state index in [4.69, 9.17) is 4.74 Å². The number of Topliss-reactive ketones (excluding diaryl/α,β-unsaturated/α-hetero) is 2. The summed E-state index contributed by atoms with van der Waals surface area (Å²) in [7, 11) is 0. The normalized spacial score (nSPS) is 10.9. The molecular weight excluding hydrogens is 288 g/mol. The fraction of sp³-hybridized carbons (Fsp3) is 0.300. The van der Waals surface area contributed by atoms with E-state index < -0.39 is 0 Å². The second-order valence-electron chi connectivity index (χ2n) is 6.19. The van der Waals surface area contributed by atoms with Crippen molar-refractivity contribution in [1.29, 1.82) is 0 Å². The van der Waals surface area contributed by atoms with Gasteiger partial charge in [0.05, 0.1) is 0 Å². The Bertz CT molecular complexity index is 618. The van der Waals surface area contributed by atoms with E-state index in [1.54, 1.807) is 48.5 Å². The van der Waals surface area contributed by atoms with Crippen molar-refractivity contribution in [2.24, 2.45) is 11.8 Å². The van der Waals surface area contributed by atoms with Crippen LogP contribution >= 0.6 is 0 Å². The molecule has 120 valence electrons. The molecule has 0 amide bonds. The van der Waals surface area contributed by atoms with Crippen LogP contribution in [0.4, 0.5) is 0 Å². The van der Waals surface area contributed by atoms with Crippen molar-refractivity contribution in [1.82, 2.24) is 0 Å². The van der Waals surface area contributed by atoms with Gasteiger partial charge in [0.2, 0.25) is 0 Å². The number of carbonyl (C=O) groups excluding carboxylic acids is 2. The summed E-state index contributed by atoms with van der Waals surface area (Å²) in [6.07, 6.45) is 0. The minimum absolute atomic E-state index is 0.0205. The predicted molar refractivity (Wildman–Crippen MR) is 91.3 cm³/mol. The SMILES string of the molecule is CC(C)C(=O)c1ccc(Oc2ccc(C(=O)C(C)C)cc2)cc1. The Labute approximate surface area is 137 Å². The fourth-order valence-electron chi connectivity index (χ4n) is 2.18. The Morgan fingerprint density at radius 1 is 0.652 bits per heavy atom. The van der Waals surface area contributed by atoms with Gasteiger partial charge in [-0.2, -0.15) is 0 Å². The topological polar surface area (TPSA) is 43.4 Å². The van der Waals surface area contributed by atoms with Gasteiger partial charge in [-0.3, -0.25) is 9.59 Å². The van der Waals surface area contributed by atoms with Gasteiger partial charge >= 0.3 is 0 Å². The molecule has 3 heteroatoms. The molecular formula is C20H22O3. The molecule has 0 aliphatic heterocycles. The van der Waals surface area contributed by atoms with Crippen LogP contribution in [0.1, 0.15) is 48.4 Å². The first-order valence-electron chi connectivity index (χ1n) is 7.85. The molecule has 0 aromatic heterocycles. The fourth-order valence-corrected chi connectivity index (χ4v) is 2.18. The van der Waals surface area contributed by atoms with Gasteiger partial charge < -0.3 is 4.74 Å². The molecule has 23 heavy (non-hydrogen) atoms. The average molecular weight is 310 g/mol. The minimum Gasteiger partial charge on any atom is -0.457 e. The van der Waals surface area contributed by atoms with E-state index in [1.165, 1.54) is 0 Å². The Kier molecular flexibility index (Phi) is 5.32. The molecule has 0 saturated carbocycles. The van der Waals surface area contributed by atoms with E-state index in [-0.39, 0.29) is 23.4 Å².